The Morgan fingerprint density at radius 3 is 2.33 bits per heavy atom. The smallest absolute Gasteiger partial charge is 0.253 e. The summed E-state index contributed by atoms with van der Waals surface area (Å²) in [5.74, 6) is -0.734. The predicted molar refractivity (Wildman–Crippen MR) is 106 cm³/mol. The highest BCUT2D eigenvalue weighted by Gasteiger charge is 2.14. The van der Waals surface area contributed by atoms with Crippen LogP contribution in [-0.4, -0.2) is 42.3 Å². The van der Waals surface area contributed by atoms with Gasteiger partial charge in [0.1, 0.15) is 0 Å². The van der Waals surface area contributed by atoms with Crippen LogP contribution in [0.3, 0.4) is 0 Å². The zero-order valence-electron chi connectivity index (χ0n) is 15.9. The maximum Gasteiger partial charge on any atom is 0.253 e. The third-order valence-corrected chi connectivity index (χ3v) is 4.24. The molecule has 0 radical (unpaired) electrons. The number of nitrogens with zero attached hydrogens (tertiary/aromatic N) is 1. The van der Waals surface area contributed by atoms with Crippen molar-refractivity contribution in [3.8, 4) is 0 Å². The van der Waals surface area contributed by atoms with Gasteiger partial charge in [-0.3, -0.25) is 14.4 Å². The minimum atomic E-state index is -0.357. The normalized spacial score (nSPS) is 10.2. The molecule has 0 aliphatic carbocycles. The second kappa shape index (κ2) is 9.52. The van der Waals surface area contributed by atoms with Crippen molar-refractivity contribution in [2.75, 3.05) is 25.0 Å². The maximum absolute atomic E-state index is 12.4. The molecule has 0 fully saturated rings. The summed E-state index contributed by atoms with van der Waals surface area (Å²) in [6.07, 6.45) is 0. The van der Waals surface area contributed by atoms with Gasteiger partial charge in [-0.1, -0.05) is 24.3 Å². The van der Waals surface area contributed by atoms with E-state index in [0.29, 0.717) is 29.9 Å². The van der Waals surface area contributed by atoms with Gasteiger partial charge in [-0.25, -0.2) is 0 Å². The first kappa shape index (κ1) is 20.2. The molecule has 2 aromatic rings. The van der Waals surface area contributed by atoms with Crippen LogP contribution in [0.2, 0.25) is 0 Å². The summed E-state index contributed by atoms with van der Waals surface area (Å²) in [4.78, 5) is 38.4. The lowest BCUT2D eigenvalue weighted by Gasteiger charge is -2.19. The number of benzene rings is 2. The van der Waals surface area contributed by atoms with E-state index in [0.717, 1.165) is 5.56 Å². The summed E-state index contributed by atoms with van der Waals surface area (Å²) in [5.41, 5.74) is 2.42. The number of nitrogens with one attached hydrogen (secondary N) is 2. The van der Waals surface area contributed by atoms with Gasteiger partial charge < -0.3 is 15.5 Å². The fraction of sp³-hybridized carbons (Fsp3) is 0.286. The van der Waals surface area contributed by atoms with Gasteiger partial charge in [0.15, 0.2) is 0 Å². The number of carbonyl (C=O) groups is 3. The SMILES string of the molecule is CCN(CC)C(=O)c1cccc(NC(=O)CNC(=O)c2ccccc2C)c1. The van der Waals surface area contributed by atoms with E-state index in [-0.39, 0.29) is 24.3 Å². The van der Waals surface area contributed by atoms with E-state index >= 15 is 0 Å². The second-order valence-electron chi connectivity index (χ2n) is 6.10. The Hall–Kier alpha value is -3.15. The maximum atomic E-state index is 12.4. The van der Waals surface area contributed by atoms with Crippen LogP contribution in [0.15, 0.2) is 48.5 Å². The fourth-order valence-electron chi connectivity index (χ4n) is 2.71. The van der Waals surface area contributed by atoms with Crippen molar-refractivity contribution in [1.82, 2.24) is 10.2 Å². The van der Waals surface area contributed by atoms with Crippen molar-refractivity contribution in [3.05, 3.63) is 65.2 Å². The van der Waals surface area contributed by atoms with Gasteiger partial charge in [-0.05, 0) is 50.6 Å². The summed E-state index contributed by atoms with van der Waals surface area (Å²) >= 11 is 0. The van der Waals surface area contributed by atoms with Crippen molar-refractivity contribution in [1.29, 1.82) is 0 Å². The fourth-order valence-corrected chi connectivity index (χ4v) is 2.71. The molecule has 0 atom stereocenters. The molecule has 0 saturated heterocycles. The second-order valence-corrected chi connectivity index (χ2v) is 6.10. The van der Waals surface area contributed by atoms with Crippen molar-refractivity contribution < 1.29 is 14.4 Å². The summed E-state index contributed by atoms with van der Waals surface area (Å²) < 4.78 is 0. The van der Waals surface area contributed by atoms with Crippen molar-refractivity contribution >= 4 is 23.4 Å². The summed E-state index contributed by atoms with van der Waals surface area (Å²) in [7, 11) is 0. The number of carbonyl (C=O) groups excluding carboxylic acids is 3. The van der Waals surface area contributed by atoms with Crippen LogP contribution in [0.1, 0.15) is 40.1 Å². The average Bonchev–Trinajstić information content (AvgIpc) is 2.67. The molecular weight excluding hydrogens is 342 g/mol. The zero-order valence-corrected chi connectivity index (χ0v) is 15.9. The summed E-state index contributed by atoms with van der Waals surface area (Å²) in [6.45, 7) is 6.77. The number of hydrogen-bond donors (Lipinski definition) is 2. The van der Waals surface area contributed by atoms with Crippen LogP contribution in [0, 0.1) is 6.92 Å². The first-order chi connectivity index (χ1) is 13.0. The lowest BCUT2D eigenvalue weighted by molar-refractivity contribution is -0.115. The zero-order chi connectivity index (χ0) is 19.8. The van der Waals surface area contributed by atoms with Crippen LogP contribution in [0.5, 0.6) is 0 Å². The Morgan fingerprint density at radius 2 is 1.67 bits per heavy atom. The molecule has 6 heteroatoms. The van der Waals surface area contributed by atoms with E-state index < -0.39 is 0 Å². The molecule has 2 aromatic carbocycles. The van der Waals surface area contributed by atoms with Gasteiger partial charge >= 0.3 is 0 Å². The highest BCUT2D eigenvalue weighted by Crippen LogP contribution is 2.13. The van der Waals surface area contributed by atoms with Gasteiger partial charge in [0.25, 0.3) is 11.8 Å². The molecule has 0 unspecified atom stereocenters. The number of rotatable bonds is 7. The number of anilines is 1. The van der Waals surface area contributed by atoms with Crippen molar-refractivity contribution in [3.63, 3.8) is 0 Å². The molecule has 0 aliphatic rings. The molecule has 0 heterocycles. The topological polar surface area (TPSA) is 78.5 Å². The summed E-state index contributed by atoms with van der Waals surface area (Å²) in [6, 6.07) is 14.0. The first-order valence-corrected chi connectivity index (χ1v) is 8.99. The monoisotopic (exact) mass is 367 g/mol. The molecule has 2 N–H and O–H groups in total. The lowest BCUT2D eigenvalue weighted by Crippen LogP contribution is -2.33. The Kier molecular flexibility index (Phi) is 7.11. The first-order valence-electron chi connectivity index (χ1n) is 8.99. The molecule has 0 spiro atoms. The van der Waals surface area contributed by atoms with Crippen LogP contribution in [0.25, 0.3) is 0 Å². The minimum Gasteiger partial charge on any atom is -0.343 e. The summed E-state index contributed by atoms with van der Waals surface area (Å²) in [5, 5.41) is 5.32. The highest BCUT2D eigenvalue weighted by atomic mass is 16.2. The quantitative estimate of drug-likeness (QED) is 0.790. The molecule has 0 aromatic heterocycles. The molecule has 2 rings (SSSR count). The van der Waals surface area contributed by atoms with Crippen LogP contribution >= 0.6 is 0 Å². The van der Waals surface area contributed by atoms with Crippen LogP contribution < -0.4 is 10.6 Å². The Morgan fingerprint density at radius 1 is 0.963 bits per heavy atom. The average molecular weight is 367 g/mol. The van der Waals surface area contributed by atoms with E-state index in [4.69, 9.17) is 0 Å². The van der Waals surface area contributed by atoms with E-state index in [1.165, 1.54) is 0 Å². The van der Waals surface area contributed by atoms with E-state index in [1.54, 1.807) is 41.3 Å². The standard InChI is InChI=1S/C21H25N3O3/c1-4-24(5-2)21(27)16-10-8-11-17(13-16)23-19(25)14-22-20(26)18-12-7-6-9-15(18)3/h6-13H,4-5,14H2,1-3H3,(H,22,26)(H,23,25). The van der Waals surface area contributed by atoms with Gasteiger partial charge in [0, 0.05) is 29.9 Å². The lowest BCUT2D eigenvalue weighted by atomic mass is 10.1. The third-order valence-electron chi connectivity index (χ3n) is 4.24. The van der Waals surface area contributed by atoms with Gasteiger partial charge in [-0.15, -0.1) is 0 Å². The molecule has 142 valence electrons. The van der Waals surface area contributed by atoms with Gasteiger partial charge in [0.05, 0.1) is 6.54 Å². The van der Waals surface area contributed by atoms with E-state index in [1.807, 2.05) is 32.9 Å². The molecule has 6 nitrogen and oxygen atoms in total. The van der Waals surface area contributed by atoms with Crippen LogP contribution in [-0.2, 0) is 4.79 Å². The molecule has 27 heavy (non-hydrogen) atoms. The van der Waals surface area contributed by atoms with Crippen molar-refractivity contribution in [2.24, 2.45) is 0 Å². The molecular formula is C21H25N3O3. The van der Waals surface area contributed by atoms with E-state index in [9.17, 15) is 14.4 Å². The Bertz CT molecular complexity index is 829. The predicted octanol–water partition coefficient (Wildman–Crippen LogP) is 2.85. The largest absolute Gasteiger partial charge is 0.343 e. The van der Waals surface area contributed by atoms with E-state index in [2.05, 4.69) is 10.6 Å². The number of aryl methyl sites for hydroxylation is 1. The number of amides is 3. The minimum absolute atomic E-state index is 0.0797. The highest BCUT2D eigenvalue weighted by molar-refractivity contribution is 6.01. The van der Waals surface area contributed by atoms with Crippen molar-refractivity contribution in [2.45, 2.75) is 20.8 Å². The third kappa shape index (κ3) is 5.41. The Labute approximate surface area is 159 Å². The van der Waals surface area contributed by atoms with Gasteiger partial charge in [-0.2, -0.15) is 0 Å². The number of hydrogen-bond acceptors (Lipinski definition) is 3. The molecule has 0 saturated carbocycles. The molecule has 0 bridgehead atoms. The molecule has 0 aliphatic heterocycles. The van der Waals surface area contributed by atoms with Crippen LogP contribution in [0.4, 0.5) is 5.69 Å². The van der Waals surface area contributed by atoms with Gasteiger partial charge in [0.2, 0.25) is 5.91 Å². The Balaban J connectivity index is 1.96. The molecule has 3 amide bonds.